The molecule has 8 heteroatoms. The van der Waals surface area contributed by atoms with E-state index in [0.29, 0.717) is 35.9 Å². The van der Waals surface area contributed by atoms with Crippen LogP contribution >= 0.6 is 0 Å². The SMILES string of the molecule is COc1ccc(C(=O)N2C[C@@H]3C(C(=O)N4CCCC4)=NO[C@@H]3C2)c(OC)c1. The van der Waals surface area contributed by atoms with Crippen molar-refractivity contribution in [2.24, 2.45) is 11.1 Å². The van der Waals surface area contributed by atoms with Gasteiger partial charge < -0.3 is 24.1 Å². The molecule has 1 aromatic carbocycles. The molecule has 0 spiro atoms. The van der Waals surface area contributed by atoms with Gasteiger partial charge in [-0.15, -0.1) is 0 Å². The normalized spacial score (nSPS) is 23.7. The van der Waals surface area contributed by atoms with E-state index in [9.17, 15) is 9.59 Å². The van der Waals surface area contributed by atoms with Crippen molar-refractivity contribution in [3.05, 3.63) is 23.8 Å². The molecule has 27 heavy (non-hydrogen) atoms. The van der Waals surface area contributed by atoms with E-state index in [0.717, 1.165) is 25.9 Å². The van der Waals surface area contributed by atoms with Crippen molar-refractivity contribution in [3.63, 3.8) is 0 Å². The molecular weight excluding hydrogens is 350 g/mol. The number of hydrogen-bond donors (Lipinski definition) is 0. The number of amides is 2. The Morgan fingerprint density at radius 2 is 1.85 bits per heavy atom. The summed E-state index contributed by atoms with van der Waals surface area (Å²) in [4.78, 5) is 34.7. The number of oxime groups is 1. The van der Waals surface area contributed by atoms with Crippen LogP contribution in [0.1, 0.15) is 23.2 Å². The fourth-order valence-electron chi connectivity index (χ4n) is 3.93. The number of hydrogen-bond acceptors (Lipinski definition) is 6. The Morgan fingerprint density at radius 1 is 1.07 bits per heavy atom. The summed E-state index contributed by atoms with van der Waals surface area (Å²) in [5.41, 5.74) is 0.904. The van der Waals surface area contributed by atoms with E-state index in [1.807, 2.05) is 4.90 Å². The van der Waals surface area contributed by atoms with Gasteiger partial charge in [-0.05, 0) is 25.0 Å². The molecule has 0 radical (unpaired) electrons. The summed E-state index contributed by atoms with van der Waals surface area (Å²) in [7, 11) is 3.08. The minimum Gasteiger partial charge on any atom is -0.497 e. The summed E-state index contributed by atoms with van der Waals surface area (Å²) >= 11 is 0. The lowest BCUT2D eigenvalue weighted by atomic mass is 10.00. The van der Waals surface area contributed by atoms with E-state index in [2.05, 4.69) is 5.16 Å². The number of carbonyl (C=O) groups is 2. The van der Waals surface area contributed by atoms with Gasteiger partial charge in [-0.25, -0.2) is 0 Å². The fourth-order valence-corrected chi connectivity index (χ4v) is 3.93. The molecule has 0 bridgehead atoms. The third kappa shape index (κ3) is 3.09. The molecule has 3 aliphatic heterocycles. The van der Waals surface area contributed by atoms with E-state index in [1.54, 1.807) is 30.2 Å². The highest BCUT2D eigenvalue weighted by atomic mass is 16.6. The van der Waals surface area contributed by atoms with Crippen LogP contribution in [0, 0.1) is 5.92 Å². The van der Waals surface area contributed by atoms with Crippen LogP contribution in [0.15, 0.2) is 23.4 Å². The van der Waals surface area contributed by atoms with Gasteiger partial charge in [-0.1, -0.05) is 5.16 Å². The van der Waals surface area contributed by atoms with Gasteiger partial charge in [0, 0.05) is 25.7 Å². The summed E-state index contributed by atoms with van der Waals surface area (Å²) in [5.74, 6) is 0.693. The van der Waals surface area contributed by atoms with Gasteiger partial charge in [0.05, 0.1) is 32.2 Å². The van der Waals surface area contributed by atoms with Gasteiger partial charge in [0.15, 0.2) is 11.8 Å². The summed E-state index contributed by atoms with van der Waals surface area (Å²) in [6.07, 6.45) is 1.78. The van der Waals surface area contributed by atoms with Crippen molar-refractivity contribution >= 4 is 17.5 Å². The number of likely N-dealkylation sites (tertiary alicyclic amines) is 2. The van der Waals surface area contributed by atoms with Crippen LogP contribution in [0.25, 0.3) is 0 Å². The van der Waals surface area contributed by atoms with E-state index < -0.39 is 0 Å². The molecule has 144 valence electrons. The van der Waals surface area contributed by atoms with Crippen molar-refractivity contribution in [1.82, 2.24) is 9.80 Å². The second-order valence-corrected chi connectivity index (χ2v) is 7.00. The molecule has 1 aromatic rings. The molecule has 0 N–H and O–H groups in total. The molecule has 2 fully saturated rings. The van der Waals surface area contributed by atoms with E-state index in [1.165, 1.54) is 7.11 Å². The Morgan fingerprint density at radius 3 is 2.56 bits per heavy atom. The summed E-state index contributed by atoms with van der Waals surface area (Å²) in [6.45, 7) is 2.35. The Hall–Kier alpha value is -2.77. The van der Waals surface area contributed by atoms with E-state index in [4.69, 9.17) is 14.3 Å². The Kier molecular flexibility index (Phi) is 4.63. The van der Waals surface area contributed by atoms with Crippen LogP contribution in [0.3, 0.4) is 0 Å². The summed E-state index contributed by atoms with van der Waals surface area (Å²) in [5, 5.41) is 4.03. The quantitative estimate of drug-likeness (QED) is 0.791. The highest BCUT2D eigenvalue weighted by molar-refractivity contribution is 6.40. The smallest absolute Gasteiger partial charge is 0.272 e. The van der Waals surface area contributed by atoms with E-state index in [-0.39, 0.29) is 23.8 Å². The van der Waals surface area contributed by atoms with Gasteiger partial charge >= 0.3 is 0 Å². The Bertz CT molecular complexity index is 788. The minimum absolute atomic E-state index is 0.0590. The van der Waals surface area contributed by atoms with E-state index >= 15 is 0 Å². The number of nitrogens with zero attached hydrogens (tertiary/aromatic N) is 3. The summed E-state index contributed by atoms with van der Waals surface area (Å²) < 4.78 is 10.5. The average Bonchev–Trinajstić information content (AvgIpc) is 3.43. The molecule has 0 aromatic heterocycles. The topological polar surface area (TPSA) is 80.7 Å². The minimum atomic E-state index is -0.264. The molecular formula is C19H23N3O5. The van der Waals surface area contributed by atoms with Gasteiger partial charge in [-0.2, -0.15) is 0 Å². The average molecular weight is 373 g/mol. The Balaban J connectivity index is 1.49. The number of methoxy groups -OCH3 is 2. The number of fused-ring (bicyclic) bond motifs is 1. The van der Waals surface area contributed by atoms with Crippen LogP contribution in [0.4, 0.5) is 0 Å². The first kappa shape index (κ1) is 17.6. The van der Waals surface area contributed by atoms with Crippen LogP contribution in [0.2, 0.25) is 0 Å². The molecule has 2 amide bonds. The summed E-state index contributed by atoms with van der Waals surface area (Å²) in [6, 6.07) is 5.11. The van der Waals surface area contributed by atoms with Crippen molar-refractivity contribution in [2.75, 3.05) is 40.4 Å². The molecule has 0 saturated carbocycles. The monoisotopic (exact) mass is 373 g/mol. The first-order chi connectivity index (χ1) is 13.1. The first-order valence-electron chi connectivity index (χ1n) is 9.16. The van der Waals surface area contributed by atoms with Crippen LogP contribution in [-0.2, 0) is 9.63 Å². The second-order valence-electron chi connectivity index (χ2n) is 7.00. The second kappa shape index (κ2) is 7.09. The molecule has 2 saturated heterocycles. The third-order valence-electron chi connectivity index (χ3n) is 5.44. The third-order valence-corrected chi connectivity index (χ3v) is 5.44. The molecule has 3 heterocycles. The largest absolute Gasteiger partial charge is 0.497 e. The lowest BCUT2D eigenvalue weighted by Crippen LogP contribution is -2.39. The highest BCUT2D eigenvalue weighted by Crippen LogP contribution is 2.32. The van der Waals surface area contributed by atoms with Crippen molar-refractivity contribution in [1.29, 1.82) is 0 Å². The zero-order valence-electron chi connectivity index (χ0n) is 15.5. The first-order valence-corrected chi connectivity index (χ1v) is 9.16. The Labute approximate surface area is 157 Å². The fraction of sp³-hybridized carbons (Fsp3) is 0.526. The van der Waals surface area contributed by atoms with Crippen molar-refractivity contribution in [2.45, 2.75) is 18.9 Å². The number of ether oxygens (including phenoxy) is 2. The molecule has 2 atom stereocenters. The number of carbonyl (C=O) groups excluding carboxylic acids is 2. The molecule has 3 aliphatic rings. The van der Waals surface area contributed by atoms with Crippen molar-refractivity contribution < 1.29 is 23.9 Å². The molecule has 8 nitrogen and oxygen atoms in total. The predicted octanol–water partition coefficient (Wildman–Crippen LogP) is 1.15. The zero-order chi connectivity index (χ0) is 19.0. The molecule has 0 aliphatic carbocycles. The number of rotatable bonds is 4. The van der Waals surface area contributed by atoms with Crippen LogP contribution < -0.4 is 9.47 Å². The van der Waals surface area contributed by atoms with Crippen molar-refractivity contribution in [3.8, 4) is 11.5 Å². The lowest BCUT2D eigenvalue weighted by molar-refractivity contribution is -0.123. The predicted molar refractivity (Wildman–Crippen MR) is 97.1 cm³/mol. The van der Waals surface area contributed by atoms with Crippen LogP contribution in [-0.4, -0.2) is 73.8 Å². The maximum absolute atomic E-state index is 13.0. The maximum Gasteiger partial charge on any atom is 0.272 e. The maximum atomic E-state index is 13.0. The van der Waals surface area contributed by atoms with Crippen LogP contribution in [0.5, 0.6) is 11.5 Å². The van der Waals surface area contributed by atoms with Gasteiger partial charge in [0.1, 0.15) is 11.5 Å². The van der Waals surface area contributed by atoms with Gasteiger partial charge in [0.2, 0.25) is 0 Å². The van der Waals surface area contributed by atoms with Gasteiger partial charge in [0.25, 0.3) is 11.8 Å². The highest BCUT2D eigenvalue weighted by Gasteiger charge is 2.47. The number of benzene rings is 1. The zero-order valence-corrected chi connectivity index (χ0v) is 15.5. The van der Waals surface area contributed by atoms with Gasteiger partial charge in [-0.3, -0.25) is 9.59 Å². The molecule has 4 rings (SSSR count). The lowest BCUT2D eigenvalue weighted by Gasteiger charge is -2.19. The standard InChI is InChI=1S/C19H23N3O5/c1-25-12-5-6-13(15(9-12)26-2)18(23)22-10-14-16(11-22)27-20-17(14)19(24)21-7-3-4-8-21/h5-6,9,14,16H,3-4,7-8,10-11H2,1-2H3/t14-,16+/m0/s1. The molecule has 0 unspecified atom stereocenters.